The van der Waals surface area contributed by atoms with E-state index in [0.29, 0.717) is 0 Å². The first-order chi connectivity index (χ1) is 9.24. The largest absolute Gasteiger partial charge is 0.496 e. The first-order valence-electron chi connectivity index (χ1n) is 6.27. The molecule has 0 heterocycles. The molecule has 19 heavy (non-hydrogen) atoms. The number of aliphatic hydroxyl groups excluding tert-OH is 1. The Kier molecular flexibility index (Phi) is 4.42. The smallest absolute Gasteiger partial charge is 0.123 e. The molecule has 0 saturated heterocycles. The molecule has 0 saturated carbocycles. The molecule has 0 atom stereocenters. The first kappa shape index (κ1) is 13.4. The van der Waals surface area contributed by atoms with Gasteiger partial charge in [-0.05, 0) is 23.8 Å². The molecule has 2 aromatic rings. The molecule has 0 aliphatic rings. The highest BCUT2D eigenvalue weighted by atomic mass is 16.5. The number of benzene rings is 2. The van der Waals surface area contributed by atoms with Gasteiger partial charge in [0.15, 0.2) is 0 Å². The number of hydrogen-bond donors (Lipinski definition) is 1. The summed E-state index contributed by atoms with van der Waals surface area (Å²) in [4.78, 5) is 2.15. The van der Waals surface area contributed by atoms with E-state index in [9.17, 15) is 0 Å². The van der Waals surface area contributed by atoms with Crippen LogP contribution in [0.2, 0.25) is 0 Å². The summed E-state index contributed by atoms with van der Waals surface area (Å²) < 4.78 is 5.36. The second kappa shape index (κ2) is 6.25. The summed E-state index contributed by atoms with van der Waals surface area (Å²) >= 11 is 0. The average molecular weight is 257 g/mol. The fourth-order valence-corrected chi connectivity index (χ4v) is 2.04. The van der Waals surface area contributed by atoms with Crippen LogP contribution in [0.5, 0.6) is 5.75 Å². The molecule has 0 aromatic heterocycles. The molecule has 0 radical (unpaired) electrons. The van der Waals surface area contributed by atoms with Crippen molar-refractivity contribution in [1.29, 1.82) is 0 Å². The Morgan fingerprint density at radius 3 is 2.37 bits per heavy atom. The molecule has 2 rings (SSSR count). The summed E-state index contributed by atoms with van der Waals surface area (Å²) in [5.74, 6) is 0.904. The van der Waals surface area contributed by atoms with E-state index in [1.165, 1.54) is 0 Å². The van der Waals surface area contributed by atoms with Crippen LogP contribution in [0.25, 0.3) is 0 Å². The standard InChI is InChI=1S/C16H19NO2/c1-17(15-9-7-13(12-18)8-10-15)11-14-5-3-4-6-16(14)19-2/h3-10,18H,11-12H2,1-2H3. The molecular formula is C16H19NO2. The van der Waals surface area contributed by atoms with Gasteiger partial charge in [-0.2, -0.15) is 0 Å². The van der Waals surface area contributed by atoms with Crippen molar-refractivity contribution in [2.45, 2.75) is 13.2 Å². The maximum atomic E-state index is 9.04. The quantitative estimate of drug-likeness (QED) is 0.894. The number of nitrogens with zero attached hydrogens (tertiary/aromatic N) is 1. The van der Waals surface area contributed by atoms with Crippen molar-refractivity contribution in [2.24, 2.45) is 0 Å². The molecule has 0 aliphatic carbocycles. The van der Waals surface area contributed by atoms with E-state index in [1.807, 2.05) is 49.5 Å². The van der Waals surface area contributed by atoms with Gasteiger partial charge in [0, 0.05) is 24.8 Å². The monoisotopic (exact) mass is 257 g/mol. The Labute approximate surface area is 114 Å². The Morgan fingerprint density at radius 2 is 1.74 bits per heavy atom. The predicted molar refractivity (Wildman–Crippen MR) is 77.5 cm³/mol. The van der Waals surface area contributed by atoms with Crippen LogP contribution in [0.1, 0.15) is 11.1 Å². The summed E-state index contributed by atoms with van der Waals surface area (Å²) in [5, 5.41) is 9.04. The molecule has 0 spiro atoms. The summed E-state index contributed by atoms with van der Waals surface area (Å²) in [5.41, 5.74) is 3.19. The van der Waals surface area contributed by atoms with Crippen molar-refractivity contribution in [2.75, 3.05) is 19.1 Å². The third kappa shape index (κ3) is 3.26. The summed E-state index contributed by atoms with van der Waals surface area (Å²) in [6.45, 7) is 0.860. The SMILES string of the molecule is COc1ccccc1CN(C)c1ccc(CO)cc1. The van der Waals surface area contributed by atoms with Crippen molar-refractivity contribution in [3.63, 3.8) is 0 Å². The minimum Gasteiger partial charge on any atom is -0.496 e. The van der Waals surface area contributed by atoms with Crippen LogP contribution in [-0.2, 0) is 13.2 Å². The van der Waals surface area contributed by atoms with Gasteiger partial charge in [-0.1, -0.05) is 30.3 Å². The Balaban J connectivity index is 2.13. The van der Waals surface area contributed by atoms with Crippen LogP contribution >= 0.6 is 0 Å². The number of methoxy groups -OCH3 is 1. The lowest BCUT2D eigenvalue weighted by Crippen LogP contribution is -2.16. The Bertz CT molecular complexity index is 523. The van der Waals surface area contributed by atoms with Gasteiger partial charge in [0.2, 0.25) is 0 Å². The van der Waals surface area contributed by atoms with E-state index in [2.05, 4.69) is 11.0 Å². The molecule has 0 aliphatic heterocycles. The van der Waals surface area contributed by atoms with E-state index in [-0.39, 0.29) is 6.61 Å². The minimum atomic E-state index is 0.0799. The van der Waals surface area contributed by atoms with E-state index >= 15 is 0 Å². The Morgan fingerprint density at radius 1 is 1.05 bits per heavy atom. The van der Waals surface area contributed by atoms with Crippen molar-refractivity contribution >= 4 is 5.69 Å². The number of para-hydroxylation sites is 1. The highest BCUT2D eigenvalue weighted by molar-refractivity contribution is 5.48. The van der Waals surface area contributed by atoms with Crippen LogP contribution in [0.4, 0.5) is 5.69 Å². The van der Waals surface area contributed by atoms with Crippen LogP contribution < -0.4 is 9.64 Å². The number of aliphatic hydroxyl groups is 1. The zero-order chi connectivity index (χ0) is 13.7. The highest BCUT2D eigenvalue weighted by Crippen LogP contribution is 2.22. The van der Waals surface area contributed by atoms with Gasteiger partial charge in [-0.15, -0.1) is 0 Å². The topological polar surface area (TPSA) is 32.7 Å². The summed E-state index contributed by atoms with van der Waals surface area (Å²) in [7, 11) is 3.73. The lowest BCUT2D eigenvalue weighted by molar-refractivity contribution is 0.282. The third-order valence-electron chi connectivity index (χ3n) is 3.16. The maximum Gasteiger partial charge on any atom is 0.123 e. The van der Waals surface area contributed by atoms with Crippen LogP contribution in [-0.4, -0.2) is 19.3 Å². The molecule has 0 unspecified atom stereocenters. The normalized spacial score (nSPS) is 10.3. The molecular weight excluding hydrogens is 238 g/mol. The number of rotatable bonds is 5. The molecule has 0 fully saturated rings. The second-order valence-electron chi connectivity index (χ2n) is 4.49. The van der Waals surface area contributed by atoms with E-state index < -0.39 is 0 Å². The van der Waals surface area contributed by atoms with Gasteiger partial charge in [0.1, 0.15) is 5.75 Å². The lowest BCUT2D eigenvalue weighted by atomic mass is 10.1. The highest BCUT2D eigenvalue weighted by Gasteiger charge is 2.06. The van der Waals surface area contributed by atoms with Gasteiger partial charge in [0.25, 0.3) is 0 Å². The average Bonchev–Trinajstić information content (AvgIpc) is 2.48. The van der Waals surface area contributed by atoms with E-state index in [0.717, 1.165) is 29.1 Å². The maximum absolute atomic E-state index is 9.04. The van der Waals surface area contributed by atoms with Crippen molar-refractivity contribution in [3.05, 3.63) is 59.7 Å². The second-order valence-corrected chi connectivity index (χ2v) is 4.49. The van der Waals surface area contributed by atoms with Crippen LogP contribution in [0.3, 0.4) is 0 Å². The molecule has 0 bridgehead atoms. The van der Waals surface area contributed by atoms with E-state index in [1.54, 1.807) is 7.11 Å². The summed E-state index contributed by atoms with van der Waals surface area (Å²) in [6, 6.07) is 15.9. The van der Waals surface area contributed by atoms with Gasteiger partial charge < -0.3 is 14.7 Å². The number of hydrogen-bond acceptors (Lipinski definition) is 3. The van der Waals surface area contributed by atoms with Crippen LogP contribution in [0, 0.1) is 0 Å². The fraction of sp³-hybridized carbons (Fsp3) is 0.250. The first-order valence-corrected chi connectivity index (χ1v) is 6.27. The molecule has 2 aromatic carbocycles. The van der Waals surface area contributed by atoms with Crippen molar-refractivity contribution in [1.82, 2.24) is 0 Å². The molecule has 1 N–H and O–H groups in total. The lowest BCUT2D eigenvalue weighted by Gasteiger charge is -2.21. The number of anilines is 1. The van der Waals surface area contributed by atoms with Gasteiger partial charge in [-0.3, -0.25) is 0 Å². The van der Waals surface area contributed by atoms with Crippen LogP contribution in [0.15, 0.2) is 48.5 Å². The molecule has 0 amide bonds. The van der Waals surface area contributed by atoms with Gasteiger partial charge in [0.05, 0.1) is 13.7 Å². The predicted octanol–water partition coefficient (Wildman–Crippen LogP) is 2.82. The van der Waals surface area contributed by atoms with Crippen molar-refractivity contribution in [3.8, 4) is 5.75 Å². The van der Waals surface area contributed by atoms with E-state index in [4.69, 9.17) is 9.84 Å². The van der Waals surface area contributed by atoms with Gasteiger partial charge >= 0.3 is 0 Å². The third-order valence-corrected chi connectivity index (χ3v) is 3.16. The number of ether oxygens (including phenoxy) is 1. The zero-order valence-electron chi connectivity index (χ0n) is 11.3. The Hall–Kier alpha value is -2.00. The molecule has 100 valence electrons. The molecule has 3 heteroatoms. The fourth-order valence-electron chi connectivity index (χ4n) is 2.04. The summed E-state index contributed by atoms with van der Waals surface area (Å²) in [6.07, 6.45) is 0. The molecule has 3 nitrogen and oxygen atoms in total. The zero-order valence-corrected chi connectivity index (χ0v) is 11.3. The van der Waals surface area contributed by atoms with Gasteiger partial charge in [-0.25, -0.2) is 0 Å². The van der Waals surface area contributed by atoms with Crippen molar-refractivity contribution < 1.29 is 9.84 Å². The minimum absolute atomic E-state index is 0.0799.